The van der Waals surface area contributed by atoms with E-state index in [2.05, 4.69) is 10.1 Å². The van der Waals surface area contributed by atoms with Gasteiger partial charge in [-0.15, -0.1) is 0 Å². The van der Waals surface area contributed by atoms with Gasteiger partial charge in [-0.2, -0.15) is 5.10 Å². The fourth-order valence-corrected chi connectivity index (χ4v) is 5.50. The number of piperidine rings is 1. The van der Waals surface area contributed by atoms with E-state index in [-0.39, 0.29) is 18.0 Å². The average Bonchev–Trinajstić information content (AvgIpc) is 3.47. The van der Waals surface area contributed by atoms with Crippen molar-refractivity contribution in [2.75, 3.05) is 6.54 Å². The van der Waals surface area contributed by atoms with Crippen LogP contribution in [-0.2, 0) is 0 Å². The van der Waals surface area contributed by atoms with Crippen LogP contribution >= 0.6 is 0 Å². The Labute approximate surface area is 192 Å². The molecule has 2 fully saturated rings. The number of hydrogen-bond acceptors (Lipinski definition) is 5. The molecule has 3 atom stereocenters. The normalized spacial score (nSPS) is 22.5. The van der Waals surface area contributed by atoms with Crippen molar-refractivity contribution in [1.82, 2.24) is 24.5 Å². The average molecular weight is 439 g/mol. The Kier molecular flexibility index (Phi) is 4.91. The van der Waals surface area contributed by atoms with Crippen LogP contribution in [0, 0.1) is 5.92 Å². The van der Waals surface area contributed by atoms with Crippen LogP contribution in [-0.4, -0.2) is 49.0 Å². The molecule has 6 rings (SSSR count). The minimum atomic E-state index is 0.0418. The quantitative estimate of drug-likeness (QED) is 0.526. The highest BCUT2D eigenvalue weighted by Gasteiger charge is 2.42. The lowest BCUT2D eigenvalue weighted by molar-refractivity contribution is 0.0524. The summed E-state index contributed by atoms with van der Waals surface area (Å²) in [6, 6.07) is 15.9. The minimum Gasteiger partial charge on any atom is -0.334 e. The zero-order valence-corrected chi connectivity index (χ0v) is 18.3. The SMILES string of the molecule is N[C@@H]1CC[C@H]2CCCN(C(=O)c3ccnc(-c4cnn5ccc(-c6ccccc6)nc45)c3)C21. The molecular formula is C26H26N6O. The molecule has 1 unspecified atom stereocenters. The van der Waals surface area contributed by atoms with Crippen LogP contribution in [0.25, 0.3) is 28.2 Å². The van der Waals surface area contributed by atoms with Crippen molar-refractivity contribution in [3.63, 3.8) is 0 Å². The number of benzene rings is 1. The van der Waals surface area contributed by atoms with Crippen molar-refractivity contribution < 1.29 is 4.79 Å². The summed E-state index contributed by atoms with van der Waals surface area (Å²) in [6.45, 7) is 0.768. The third-order valence-electron chi connectivity index (χ3n) is 7.11. The number of carbonyl (C=O) groups excluding carboxylic acids is 1. The van der Waals surface area contributed by atoms with E-state index in [0.29, 0.717) is 22.8 Å². The molecule has 0 radical (unpaired) electrons. The molecule has 2 N–H and O–H groups in total. The lowest BCUT2D eigenvalue weighted by Crippen LogP contribution is -2.53. The maximum Gasteiger partial charge on any atom is 0.254 e. The first-order valence-electron chi connectivity index (χ1n) is 11.6. The summed E-state index contributed by atoms with van der Waals surface area (Å²) in [5, 5.41) is 4.45. The Morgan fingerprint density at radius 3 is 2.79 bits per heavy atom. The van der Waals surface area contributed by atoms with Gasteiger partial charge in [0.1, 0.15) is 0 Å². The van der Waals surface area contributed by atoms with Crippen molar-refractivity contribution in [2.45, 2.75) is 37.8 Å². The third-order valence-corrected chi connectivity index (χ3v) is 7.11. The second-order valence-electron chi connectivity index (χ2n) is 9.07. The molecule has 1 amide bonds. The number of hydrogen-bond donors (Lipinski definition) is 1. The number of nitrogens with two attached hydrogens (primary N) is 1. The molecule has 1 aliphatic heterocycles. The van der Waals surface area contributed by atoms with Gasteiger partial charge in [0.2, 0.25) is 0 Å². The Hall–Kier alpha value is -3.58. The first kappa shape index (κ1) is 20.1. The molecule has 1 saturated heterocycles. The second-order valence-corrected chi connectivity index (χ2v) is 9.07. The lowest BCUT2D eigenvalue weighted by atomic mass is 9.90. The fraction of sp³-hybridized carbons (Fsp3) is 0.308. The highest BCUT2D eigenvalue weighted by atomic mass is 16.2. The lowest BCUT2D eigenvalue weighted by Gasteiger charge is -2.39. The van der Waals surface area contributed by atoms with Crippen molar-refractivity contribution in [2.24, 2.45) is 11.7 Å². The van der Waals surface area contributed by atoms with Gasteiger partial charge in [-0.05, 0) is 49.8 Å². The first-order chi connectivity index (χ1) is 16.2. The maximum atomic E-state index is 13.5. The molecule has 33 heavy (non-hydrogen) atoms. The van der Waals surface area contributed by atoms with Crippen molar-refractivity contribution in [3.05, 3.63) is 72.7 Å². The highest BCUT2D eigenvalue weighted by molar-refractivity contribution is 5.96. The van der Waals surface area contributed by atoms with Crippen molar-refractivity contribution in [3.8, 4) is 22.5 Å². The third kappa shape index (κ3) is 3.49. The van der Waals surface area contributed by atoms with Gasteiger partial charge in [-0.3, -0.25) is 9.78 Å². The zero-order chi connectivity index (χ0) is 22.4. The minimum absolute atomic E-state index is 0.0418. The van der Waals surface area contributed by atoms with Crippen LogP contribution in [0.2, 0.25) is 0 Å². The summed E-state index contributed by atoms with van der Waals surface area (Å²) in [7, 11) is 0. The Bertz CT molecular complexity index is 1310. The van der Waals surface area contributed by atoms with Crippen LogP contribution in [0.15, 0.2) is 67.1 Å². The van der Waals surface area contributed by atoms with E-state index in [1.807, 2.05) is 53.6 Å². The van der Waals surface area contributed by atoms with Gasteiger partial charge in [0.15, 0.2) is 5.65 Å². The van der Waals surface area contributed by atoms with E-state index >= 15 is 0 Å². The van der Waals surface area contributed by atoms with Crippen LogP contribution in [0.4, 0.5) is 0 Å². The summed E-state index contributed by atoms with van der Waals surface area (Å²) >= 11 is 0. The van der Waals surface area contributed by atoms with E-state index in [4.69, 9.17) is 10.7 Å². The van der Waals surface area contributed by atoms with Gasteiger partial charge < -0.3 is 10.6 Å². The fourth-order valence-electron chi connectivity index (χ4n) is 5.50. The van der Waals surface area contributed by atoms with Crippen LogP contribution in [0.5, 0.6) is 0 Å². The van der Waals surface area contributed by atoms with Gasteiger partial charge in [0.25, 0.3) is 5.91 Å². The highest BCUT2D eigenvalue weighted by Crippen LogP contribution is 2.37. The van der Waals surface area contributed by atoms with E-state index in [1.54, 1.807) is 23.0 Å². The Morgan fingerprint density at radius 1 is 1.03 bits per heavy atom. The van der Waals surface area contributed by atoms with Gasteiger partial charge in [0, 0.05) is 42.1 Å². The molecule has 166 valence electrons. The van der Waals surface area contributed by atoms with Crippen molar-refractivity contribution >= 4 is 11.6 Å². The van der Waals surface area contributed by atoms with E-state index in [0.717, 1.165) is 42.6 Å². The number of likely N-dealkylation sites (tertiary alicyclic amines) is 1. The number of aromatic nitrogens is 4. The summed E-state index contributed by atoms with van der Waals surface area (Å²) in [6.07, 6.45) is 9.69. The number of rotatable bonds is 3. The van der Waals surface area contributed by atoms with E-state index in [1.165, 1.54) is 6.42 Å². The predicted molar refractivity (Wildman–Crippen MR) is 126 cm³/mol. The molecule has 1 saturated carbocycles. The van der Waals surface area contributed by atoms with Gasteiger partial charge >= 0.3 is 0 Å². The molecule has 7 nitrogen and oxygen atoms in total. The van der Waals surface area contributed by atoms with Crippen LogP contribution < -0.4 is 5.73 Å². The number of nitrogens with zero attached hydrogens (tertiary/aromatic N) is 5. The Balaban J connectivity index is 1.36. The molecule has 1 aromatic carbocycles. The smallest absolute Gasteiger partial charge is 0.254 e. The summed E-state index contributed by atoms with van der Waals surface area (Å²) in [5.41, 5.74) is 11.2. The largest absolute Gasteiger partial charge is 0.334 e. The molecule has 4 aromatic rings. The topological polar surface area (TPSA) is 89.4 Å². The number of fused-ring (bicyclic) bond motifs is 2. The first-order valence-corrected chi connectivity index (χ1v) is 11.6. The molecule has 7 heteroatoms. The van der Waals surface area contributed by atoms with Crippen LogP contribution in [0.3, 0.4) is 0 Å². The zero-order valence-electron chi connectivity index (χ0n) is 18.3. The van der Waals surface area contributed by atoms with Crippen LogP contribution in [0.1, 0.15) is 36.0 Å². The second kappa shape index (κ2) is 8.08. The summed E-state index contributed by atoms with van der Waals surface area (Å²) in [5.74, 6) is 0.569. The molecule has 3 aromatic heterocycles. The maximum absolute atomic E-state index is 13.5. The standard InChI is InChI=1S/C26H26N6O/c27-21-9-8-18-7-4-13-31(24(18)21)26(33)19-10-12-28-23(15-19)20-16-29-32-14-11-22(30-25(20)32)17-5-2-1-3-6-17/h1-3,5-6,10-12,14-16,18,21,24H,4,7-9,13,27H2/t18-,21-,24?/m1/s1. The van der Waals surface area contributed by atoms with Gasteiger partial charge in [0.05, 0.1) is 23.1 Å². The summed E-state index contributed by atoms with van der Waals surface area (Å²) < 4.78 is 1.74. The van der Waals surface area contributed by atoms with Gasteiger partial charge in [-0.1, -0.05) is 30.3 Å². The molecule has 1 aliphatic carbocycles. The molecular weight excluding hydrogens is 412 g/mol. The molecule has 4 heterocycles. The molecule has 2 aliphatic rings. The van der Waals surface area contributed by atoms with E-state index in [9.17, 15) is 4.79 Å². The van der Waals surface area contributed by atoms with E-state index < -0.39 is 0 Å². The van der Waals surface area contributed by atoms with Crippen molar-refractivity contribution in [1.29, 1.82) is 0 Å². The number of amides is 1. The Morgan fingerprint density at radius 2 is 1.91 bits per heavy atom. The molecule has 0 bridgehead atoms. The summed E-state index contributed by atoms with van der Waals surface area (Å²) in [4.78, 5) is 24.9. The molecule has 0 spiro atoms. The number of carbonyl (C=O) groups is 1. The monoisotopic (exact) mass is 438 g/mol. The predicted octanol–water partition coefficient (Wildman–Crippen LogP) is 3.80. The van der Waals surface area contributed by atoms with Gasteiger partial charge in [-0.25, -0.2) is 9.50 Å². The number of pyridine rings is 1.